The molecule has 0 aliphatic carbocycles. The molecule has 0 spiro atoms. The molecule has 2 aromatic carbocycles. The van der Waals surface area contributed by atoms with Crippen LogP contribution in [0.15, 0.2) is 65.3 Å². The Kier molecular flexibility index (Phi) is 5.74. The first-order chi connectivity index (χ1) is 13.7. The molecule has 1 saturated heterocycles. The highest BCUT2D eigenvalue weighted by Crippen LogP contribution is 2.20. The standard InChI is InChI=1S/C23H27N3O2/c1-18(23(27)24-16-21-9-5-15-28-21)26-13-11-25(12-14-26)17-20-8-4-7-19-6-2-3-10-22(19)20/h2-10,15,18H,11-14,16-17H2,1H3,(H,24,27)/t18-/m1/s1. The van der Waals surface area contributed by atoms with Gasteiger partial charge in [-0.2, -0.15) is 0 Å². The van der Waals surface area contributed by atoms with Crippen molar-refractivity contribution in [2.45, 2.75) is 26.1 Å². The molecular weight excluding hydrogens is 350 g/mol. The van der Waals surface area contributed by atoms with E-state index in [2.05, 4.69) is 57.6 Å². The summed E-state index contributed by atoms with van der Waals surface area (Å²) in [6.07, 6.45) is 1.63. The smallest absolute Gasteiger partial charge is 0.237 e. The molecule has 1 fully saturated rings. The first kappa shape index (κ1) is 18.7. The van der Waals surface area contributed by atoms with Crippen LogP contribution in [0, 0.1) is 0 Å². The summed E-state index contributed by atoms with van der Waals surface area (Å²) in [5, 5.41) is 5.59. The summed E-state index contributed by atoms with van der Waals surface area (Å²) in [6.45, 7) is 7.13. The number of fused-ring (bicyclic) bond motifs is 1. The van der Waals surface area contributed by atoms with E-state index in [4.69, 9.17) is 4.42 Å². The molecule has 1 N–H and O–H groups in total. The molecule has 1 aliphatic rings. The predicted octanol–water partition coefficient (Wildman–Crippen LogP) is 3.26. The van der Waals surface area contributed by atoms with Crippen molar-refractivity contribution in [3.63, 3.8) is 0 Å². The second-order valence-electron chi connectivity index (χ2n) is 7.42. The number of furan rings is 1. The lowest BCUT2D eigenvalue weighted by molar-refractivity contribution is -0.126. The molecule has 1 atom stereocenters. The van der Waals surface area contributed by atoms with Crippen LogP contribution in [-0.4, -0.2) is 47.9 Å². The molecule has 5 heteroatoms. The largest absolute Gasteiger partial charge is 0.467 e. The van der Waals surface area contributed by atoms with Gasteiger partial charge in [0, 0.05) is 32.7 Å². The summed E-state index contributed by atoms with van der Waals surface area (Å²) in [5.74, 6) is 0.833. The molecule has 1 amide bonds. The van der Waals surface area contributed by atoms with Gasteiger partial charge in [-0.3, -0.25) is 14.6 Å². The number of hydrogen-bond acceptors (Lipinski definition) is 4. The lowest BCUT2D eigenvalue weighted by Crippen LogP contribution is -2.53. The zero-order valence-corrected chi connectivity index (χ0v) is 16.3. The maximum Gasteiger partial charge on any atom is 0.237 e. The third kappa shape index (κ3) is 4.26. The Morgan fingerprint density at radius 3 is 2.61 bits per heavy atom. The fourth-order valence-corrected chi connectivity index (χ4v) is 3.88. The quantitative estimate of drug-likeness (QED) is 0.716. The average Bonchev–Trinajstić information content (AvgIpc) is 3.26. The summed E-state index contributed by atoms with van der Waals surface area (Å²) in [7, 11) is 0. The Labute approximate surface area is 165 Å². The van der Waals surface area contributed by atoms with E-state index in [0.717, 1.165) is 38.5 Å². The van der Waals surface area contributed by atoms with E-state index in [1.165, 1.54) is 16.3 Å². The molecule has 28 heavy (non-hydrogen) atoms. The first-order valence-electron chi connectivity index (χ1n) is 9.94. The lowest BCUT2D eigenvalue weighted by Gasteiger charge is -2.37. The molecule has 1 aromatic heterocycles. The second kappa shape index (κ2) is 8.59. The van der Waals surface area contributed by atoms with E-state index in [9.17, 15) is 4.79 Å². The summed E-state index contributed by atoms with van der Waals surface area (Å²) >= 11 is 0. The third-order valence-electron chi connectivity index (χ3n) is 5.62. The average molecular weight is 377 g/mol. The van der Waals surface area contributed by atoms with Gasteiger partial charge in [0.1, 0.15) is 5.76 Å². The minimum atomic E-state index is -0.130. The number of amides is 1. The fourth-order valence-electron chi connectivity index (χ4n) is 3.88. The molecule has 3 aromatic rings. The summed E-state index contributed by atoms with van der Waals surface area (Å²) < 4.78 is 5.28. The van der Waals surface area contributed by atoms with Gasteiger partial charge in [0.2, 0.25) is 5.91 Å². The summed E-state index contributed by atoms with van der Waals surface area (Å²) in [4.78, 5) is 17.2. The van der Waals surface area contributed by atoms with Gasteiger partial charge in [-0.25, -0.2) is 0 Å². The van der Waals surface area contributed by atoms with Gasteiger partial charge in [-0.05, 0) is 35.4 Å². The third-order valence-corrected chi connectivity index (χ3v) is 5.62. The molecule has 146 valence electrons. The topological polar surface area (TPSA) is 48.7 Å². The molecule has 0 saturated carbocycles. The molecule has 0 radical (unpaired) electrons. The highest BCUT2D eigenvalue weighted by Gasteiger charge is 2.25. The maximum atomic E-state index is 12.4. The van der Waals surface area contributed by atoms with Crippen LogP contribution in [0.25, 0.3) is 10.8 Å². The SMILES string of the molecule is C[C@H](C(=O)NCc1ccco1)N1CCN(Cc2cccc3ccccc23)CC1. The Hall–Kier alpha value is -2.63. The highest BCUT2D eigenvalue weighted by molar-refractivity contribution is 5.85. The number of carbonyl (C=O) groups is 1. The van der Waals surface area contributed by atoms with Crippen LogP contribution in [0.3, 0.4) is 0 Å². The van der Waals surface area contributed by atoms with Gasteiger partial charge in [-0.1, -0.05) is 42.5 Å². The summed E-state index contributed by atoms with van der Waals surface area (Å²) in [5.41, 5.74) is 1.37. The van der Waals surface area contributed by atoms with Crippen LogP contribution >= 0.6 is 0 Å². The number of carbonyl (C=O) groups excluding carboxylic acids is 1. The van der Waals surface area contributed by atoms with Gasteiger partial charge in [0.25, 0.3) is 0 Å². The van der Waals surface area contributed by atoms with E-state index < -0.39 is 0 Å². The van der Waals surface area contributed by atoms with Crippen molar-refractivity contribution in [3.05, 3.63) is 72.2 Å². The second-order valence-corrected chi connectivity index (χ2v) is 7.42. The minimum absolute atomic E-state index is 0.0545. The van der Waals surface area contributed by atoms with Gasteiger partial charge < -0.3 is 9.73 Å². The van der Waals surface area contributed by atoms with E-state index >= 15 is 0 Å². The van der Waals surface area contributed by atoms with Crippen LogP contribution in [0.1, 0.15) is 18.2 Å². The van der Waals surface area contributed by atoms with Crippen LogP contribution in [-0.2, 0) is 17.9 Å². The van der Waals surface area contributed by atoms with Crippen LogP contribution < -0.4 is 5.32 Å². The number of nitrogens with one attached hydrogen (secondary N) is 1. The molecule has 1 aliphatic heterocycles. The van der Waals surface area contributed by atoms with Crippen molar-refractivity contribution in [1.82, 2.24) is 15.1 Å². The molecule has 5 nitrogen and oxygen atoms in total. The Balaban J connectivity index is 1.29. The number of piperazine rings is 1. The molecule has 0 unspecified atom stereocenters. The van der Waals surface area contributed by atoms with Crippen molar-refractivity contribution in [2.75, 3.05) is 26.2 Å². The summed E-state index contributed by atoms with van der Waals surface area (Å²) in [6, 6.07) is 18.7. The molecular formula is C23H27N3O2. The Bertz CT molecular complexity index is 909. The van der Waals surface area contributed by atoms with Gasteiger partial charge >= 0.3 is 0 Å². The van der Waals surface area contributed by atoms with Crippen molar-refractivity contribution < 1.29 is 9.21 Å². The zero-order chi connectivity index (χ0) is 19.3. The van der Waals surface area contributed by atoms with Crippen molar-refractivity contribution >= 4 is 16.7 Å². The normalized spacial score (nSPS) is 16.9. The predicted molar refractivity (Wildman–Crippen MR) is 111 cm³/mol. The van der Waals surface area contributed by atoms with Crippen LogP contribution in [0.4, 0.5) is 0 Å². The number of hydrogen-bond donors (Lipinski definition) is 1. The Morgan fingerprint density at radius 2 is 1.82 bits per heavy atom. The van der Waals surface area contributed by atoms with Crippen molar-refractivity contribution in [2.24, 2.45) is 0 Å². The molecule has 4 rings (SSSR count). The van der Waals surface area contributed by atoms with Gasteiger partial charge in [0.05, 0.1) is 18.8 Å². The van der Waals surface area contributed by atoms with Gasteiger partial charge in [-0.15, -0.1) is 0 Å². The van der Waals surface area contributed by atoms with E-state index in [1.54, 1.807) is 6.26 Å². The van der Waals surface area contributed by atoms with E-state index in [-0.39, 0.29) is 11.9 Å². The highest BCUT2D eigenvalue weighted by atomic mass is 16.3. The van der Waals surface area contributed by atoms with Crippen molar-refractivity contribution in [3.8, 4) is 0 Å². The Morgan fingerprint density at radius 1 is 1.04 bits per heavy atom. The number of nitrogens with zero attached hydrogens (tertiary/aromatic N) is 2. The molecule has 0 bridgehead atoms. The lowest BCUT2D eigenvalue weighted by atomic mass is 10.0. The number of benzene rings is 2. The number of rotatable bonds is 6. The van der Waals surface area contributed by atoms with Gasteiger partial charge in [0.15, 0.2) is 0 Å². The first-order valence-corrected chi connectivity index (χ1v) is 9.94. The van der Waals surface area contributed by atoms with Crippen molar-refractivity contribution in [1.29, 1.82) is 0 Å². The van der Waals surface area contributed by atoms with Crippen LogP contribution in [0.5, 0.6) is 0 Å². The molecule has 2 heterocycles. The van der Waals surface area contributed by atoms with Crippen LogP contribution in [0.2, 0.25) is 0 Å². The zero-order valence-electron chi connectivity index (χ0n) is 16.3. The maximum absolute atomic E-state index is 12.4. The van der Waals surface area contributed by atoms with E-state index in [0.29, 0.717) is 6.54 Å². The van der Waals surface area contributed by atoms with E-state index in [1.807, 2.05) is 19.1 Å². The minimum Gasteiger partial charge on any atom is -0.467 e. The monoisotopic (exact) mass is 377 g/mol. The fraction of sp³-hybridized carbons (Fsp3) is 0.348.